The number of alkyl halides is 10. The Labute approximate surface area is 159 Å². The fourth-order valence-corrected chi connectivity index (χ4v) is 4.36. The van der Waals surface area contributed by atoms with E-state index in [1.165, 1.54) is 38.9 Å². The highest BCUT2D eigenvalue weighted by molar-refractivity contribution is 8.13. The van der Waals surface area contributed by atoms with Crippen LogP contribution in [-0.2, 0) is 20.0 Å². The standard InChI is InChI=1S/C7H15N.C4F10NO4S2/c1-2-5-8-6-3-4-7-8;5-1(6,7)3(11,12)20(16,17)15-21(18,19)4(13,14)2(8,9)10/h2-7H2,1H3;/q;-1/p+1. The molecular weight excluding hydrogens is 478 g/mol. The van der Waals surface area contributed by atoms with Crippen molar-refractivity contribution in [1.29, 1.82) is 0 Å². The van der Waals surface area contributed by atoms with Crippen LogP contribution in [0, 0.1) is 0 Å². The lowest BCUT2D eigenvalue weighted by Crippen LogP contribution is -3.09. The Kier molecular flexibility index (Phi) is 8.81. The van der Waals surface area contributed by atoms with Gasteiger partial charge in [-0.25, -0.2) is 16.8 Å². The van der Waals surface area contributed by atoms with Gasteiger partial charge in [0.15, 0.2) is 20.0 Å². The van der Waals surface area contributed by atoms with E-state index in [4.69, 9.17) is 0 Å². The summed E-state index contributed by atoms with van der Waals surface area (Å²) < 4.78 is 161. The van der Waals surface area contributed by atoms with Gasteiger partial charge < -0.3 is 9.03 Å². The molecule has 176 valence electrons. The molecule has 0 spiro atoms. The second-order valence-corrected chi connectivity index (χ2v) is 9.28. The molecule has 0 aromatic heterocycles. The Bertz CT molecular complexity index is 687. The molecular formula is C11H16F10N2O4S2. The van der Waals surface area contributed by atoms with E-state index in [0.29, 0.717) is 4.13 Å². The zero-order chi connectivity index (χ0) is 23.5. The molecule has 1 fully saturated rings. The molecule has 0 aliphatic carbocycles. The minimum Gasteiger partial charge on any atom is -0.425 e. The Morgan fingerprint density at radius 3 is 1.28 bits per heavy atom. The first-order chi connectivity index (χ1) is 12.6. The third-order valence-corrected chi connectivity index (χ3v) is 6.75. The molecule has 1 rings (SSSR count). The van der Waals surface area contributed by atoms with E-state index >= 15 is 0 Å². The van der Waals surface area contributed by atoms with Crippen molar-refractivity contribution in [2.45, 2.75) is 49.0 Å². The number of sulfonamides is 2. The maximum absolute atomic E-state index is 12.3. The van der Waals surface area contributed by atoms with Gasteiger partial charge >= 0.3 is 22.9 Å². The molecule has 1 aliphatic rings. The number of nitrogens with one attached hydrogen (secondary N) is 1. The maximum Gasteiger partial charge on any atom is 0.467 e. The minimum absolute atomic E-state index is 0.422. The van der Waals surface area contributed by atoms with Crippen molar-refractivity contribution in [2.24, 2.45) is 0 Å². The summed E-state index contributed by atoms with van der Waals surface area (Å²) >= 11 is 0. The molecule has 0 amide bonds. The Balaban J connectivity index is 0.000000807. The number of hydrogen-bond donors (Lipinski definition) is 1. The summed E-state index contributed by atoms with van der Waals surface area (Å²) in [6.07, 6.45) is -9.71. The molecule has 0 aromatic carbocycles. The van der Waals surface area contributed by atoms with Gasteiger partial charge in [-0.15, -0.1) is 0 Å². The maximum atomic E-state index is 12.3. The molecule has 0 unspecified atom stereocenters. The normalized spacial score (nSPS) is 17.8. The fourth-order valence-electron chi connectivity index (χ4n) is 1.99. The van der Waals surface area contributed by atoms with Gasteiger partial charge in [-0.1, -0.05) is 6.92 Å². The van der Waals surface area contributed by atoms with Gasteiger partial charge in [-0.05, 0) is 6.42 Å². The van der Waals surface area contributed by atoms with Crippen LogP contribution in [0.1, 0.15) is 26.2 Å². The van der Waals surface area contributed by atoms with Gasteiger partial charge in [0, 0.05) is 12.8 Å². The zero-order valence-corrected chi connectivity index (χ0v) is 16.1. The number of quaternary nitrogens is 1. The number of halogens is 10. The van der Waals surface area contributed by atoms with E-state index in [0.717, 1.165) is 0 Å². The summed E-state index contributed by atoms with van der Waals surface area (Å²) in [5, 5.41) is -14.0. The van der Waals surface area contributed by atoms with Crippen molar-refractivity contribution >= 4 is 20.0 Å². The molecule has 1 heterocycles. The van der Waals surface area contributed by atoms with Crippen LogP contribution in [0.5, 0.6) is 0 Å². The Hall–Kier alpha value is -0.880. The van der Waals surface area contributed by atoms with E-state index < -0.39 is 42.9 Å². The van der Waals surface area contributed by atoms with Crippen LogP contribution in [0.3, 0.4) is 0 Å². The summed E-state index contributed by atoms with van der Waals surface area (Å²) in [6.45, 7) is 6.55. The average Bonchev–Trinajstić information content (AvgIpc) is 2.97. The van der Waals surface area contributed by atoms with E-state index in [1.807, 2.05) is 4.90 Å². The lowest BCUT2D eigenvalue weighted by atomic mass is 10.4. The van der Waals surface area contributed by atoms with E-state index in [2.05, 4.69) is 6.92 Å². The third kappa shape index (κ3) is 6.55. The van der Waals surface area contributed by atoms with E-state index in [9.17, 15) is 60.7 Å². The van der Waals surface area contributed by atoms with Gasteiger partial charge in [0.1, 0.15) is 0 Å². The summed E-state index contributed by atoms with van der Waals surface area (Å²) in [5.74, 6) is 0. The van der Waals surface area contributed by atoms with Crippen LogP contribution in [0.4, 0.5) is 43.9 Å². The van der Waals surface area contributed by atoms with Gasteiger partial charge in [-0.3, -0.25) is 0 Å². The molecule has 18 heteroatoms. The average molecular weight is 494 g/mol. The zero-order valence-electron chi connectivity index (χ0n) is 14.4. The van der Waals surface area contributed by atoms with Crippen LogP contribution in [0.15, 0.2) is 0 Å². The van der Waals surface area contributed by atoms with Crippen LogP contribution in [0.2, 0.25) is 0 Å². The summed E-state index contributed by atoms with van der Waals surface area (Å²) in [5.41, 5.74) is 0. The van der Waals surface area contributed by atoms with Crippen LogP contribution in [0.25, 0.3) is 4.13 Å². The molecule has 0 saturated carbocycles. The second-order valence-electron chi connectivity index (χ2n) is 5.76. The lowest BCUT2D eigenvalue weighted by Gasteiger charge is -2.31. The number of nitrogens with zero attached hydrogens (tertiary/aromatic N) is 1. The molecule has 0 atom stereocenters. The van der Waals surface area contributed by atoms with Crippen molar-refractivity contribution in [2.75, 3.05) is 19.6 Å². The molecule has 1 N–H and O–H groups in total. The van der Waals surface area contributed by atoms with Gasteiger partial charge in [0.05, 0.1) is 19.6 Å². The second kappa shape index (κ2) is 9.09. The van der Waals surface area contributed by atoms with E-state index in [-0.39, 0.29) is 0 Å². The fraction of sp³-hybridized carbons (Fsp3) is 1.00. The summed E-state index contributed by atoms with van der Waals surface area (Å²) in [4.78, 5) is 1.83. The predicted octanol–water partition coefficient (Wildman–Crippen LogP) is 2.41. The third-order valence-electron chi connectivity index (χ3n) is 3.42. The Morgan fingerprint density at radius 1 is 0.724 bits per heavy atom. The minimum atomic E-state index is -7.62. The summed E-state index contributed by atoms with van der Waals surface area (Å²) in [6, 6.07) is 0. The van der Waals surface area contributed by atoms with Gasteiger partial charge in [0.2, 0.25) is 0 Å². The predicted molar refractivity (Wildman–Crippen MR) is 78.3 cm³/mol. The number of likely N-dealkylation sites (tertiary alicyclic amines) is 1. The topological polar surface area (TPSA) is 86.8 Å². The quantitative estimate of drug-likeness (QED) is 0.575. The molecule has 0 aromatic rings. The summed E-state index contributed by atoms with van der Waals surface area (Å²) in [7, 11) is -15.2. The van der Waals surface area contributed by atoms with E-state index in [1.54, 1.807) is 0 Å². The molecule has 1 aliphatic heterocycles. The van der Waals surface area contributed by atoms with Crippen molar-refractivity contribution in [1.82, 2.24) is 0 Å². The highest BCUT2D eigenvalue weighted by atomic mass is 32.3. The molecule has 1 saturated heterocycles. The van der Waals surface area contributed by atoms with Crippen LogP contribution >= 0.6 is 0 Å². The Morgan fingerprint density at radius 2 is 1.03 bits per heavy atom. The largest absolute Gasteiger partial charge is 0.467 e. The first-order valence-electron chi connectivity index (χ1n) is 7.60. The number of rotatable bonds is 6. The van der Waals surface area contributed by atoms with Crippen molar-refractivity contribution in [3.8, 4) is 0 Å². The monoisotopic (exact) mass is 494 g/mol. The highest BCUT2D eigenvalue weighted by Gasteiger charge is 2.68. The van der Waals surface area contributed by atoms with Gasteiger partial charge in [0.25, 0.3) is 0 Å². The first kappa shape index (κ1) is 28.1. The van der Waals surface area contributed by atoms with Gasteiger partial charge in [-0.2, -0.15) is 43.9 Å². The molecule has 0 radical (unpaired) electrons. The smallest absolute Gasteiger partial charge is 0.425 e. The molecule has 29 heavy (non-hydrogen) atoms. The molecule has 0 bridgehead atoms. The SMILES string of the molecule is CCC[NH+]1CCCC1.O=S(=O)([N-]S(=O)(=O)C(F)(F)C(F)(F)F)C(F)(F)C(F)(F)F. The molecule has 6 nitrogen and oxygen atoms in total. The van der Waals surface area contributed by atoms with Crippen molar-refractivity contribution in [3.05, 3.63) is 4.13 Å². The van der Waals surface area contributed by atoms with Crippen LogP contribution in [-0.4, -0.2) is 59.3 Å². The highest BCUT2D eigenvalue weighted by Crippen LogP contribution is 2.47. The number of hydrogen-bond acceptors (Lipinski definition) is 4. The van der Waals surface area contributed by atoms with Crippen molar-refractivity contribution < 1.29 is 65.6 Å². The first-order valence-corrected chi connectivity index (χ1v) is 10.5. The lowest BCUT2D eigenvalue weighted by molar-refractivity contribution is -0.887. The van der Waals surface area contributed by atoms with Crippen molar-refractivity contribution in [3.63, 3.8) is 0 Å². The van der Waals surface area contributed by atoms with Crippen LogP contribution < -0.4 is 4.90 Å².